The number of aryl methyl sites for hydroxylation is 1. The van der Waals surface area contributed by atoms with E-state index in [1.54, 1.807) is 0 Å². The first-order valence-corrected chi connectivity index (χ1v) is 9.33. The van der Waals surface area contributed by atoms with Gasteiger partial charge in [-0.3, -0.25) is 10.00 Å². The molecule has 0 radical (unpaired) electrons. The van der Waals surface area contributed by atoms with Gasteiger partial charge in [0.1, 0.15) is 11.6 Å². The van der Waals surface area contributed by atoms with Crippen molar-refractivity contribution in [2.24, 2.45) is 0 Å². The molecule has 4 rings (SSSR count). The van der Waals surface area contributed by atoms with Crippen LogP contribution in [0.5, 0.6) is 0 Å². The average molecular weight is 365 g/mol. The fourth-order valence-corrected chi connectivity index (χ4v) is 3.80. The smallest absolute Gasteiger partial charge is 0.136 e. The molecule has 6 heteroatoms. The molecular formula is C21H24FN5. The number of rotatable bonds is 4. The van der Waals surface area contributed by atoms with Crippen LogP contribution < -0.4 is 4.90 Å². The van der Waals surface area contributed by atoms with Crippen LogP contribution in [0.25, 0.3) is 11.1 Å². The van der Waals surface area contributed by atoms with E-state index in [9.17, 15) is 4.39 Å². The predicted octanol–water partition coefficient (Wildman–Crippen LogP) is 3.80. The van der Waals surface area contributed by atoms with E-state index in [0.29, 0.717) is 6.04 Å². The van der Waals surface area contributed by atoms with Crippen molar-refractivity contribution in [3.05, 3.63) is 65.9 Å². The van der Waals surface area contributed by atoms with Crippen LogP contribution in [0.4, 0.5) is 10.2 Å². The highest BCUT2D eigenvalue weighted by Crippen LogP contribution is 2.31. The summed E-state index contributed by atoms with van der Waals surface area (Å²) in [4.78, 5) is 9.44. The number of benzene rings is 1. The Hall–Kier alpha value is -2.73. The van der Waals surface area contributed by atoms with E-state index in [4.69, 9.17) is 0 Å². The monoisotopic (exact) mass is 365 g/mol. The summed E-state index contributed by atoms with van der Waals surface area (Å²) in [6, 6.07) is 11.0. The quantitative estimate of drug-likeness (QED) is 0.764. The van der Waals surface area contributed by atoms with Crippen LogP contribution >= 0.6 is 0 Å². The average Bonchev–Trinajstić information content (AvgIpc) is 3.14. The van der Waals surface area contributed by atoms with Crippen LogP contribution in [0, 0.1) is 12.7 Å². The lowest BCUT2D eigenvalue weighted by Crippen LogP contribution is -2.47. The minimum absolute atomic E-state index is 0.221. The number of hydrogen-bond donors (Lipinski definition) is 1. The second-order valence-corrected chi connectivity index (χ2v) is 7.03. The number of anilines is 1. The Kier molecular flexibility index (Phi) is 4.90. The molecule has 1 aromatic carbocycles. The summed E-state index contributed by atoms with van der Waals surface area (Å²) in [5.74, 6) is 0.747. The Labute approximate surface area is 158 Å². The molecule has 0 amide bonds. The normalized spacial score (nSPS) is 16.5. The van der Waals surface area contributed by atoms with E-state index in [1.165, 1.54) is 17.7 Å². The van der Waals surface area contributed by atoms with Crippen LogP contribution in [-0.2, 0) is 0 Å². The molecule has 0 aliphatic carbocycles. The van der Waals surface area contributed by atoms with Crippen molar-refractivity contribution in [3.8, 4) is 11.1 Å². The summed E-state index contributed by atoms with van der Waals surface area (Å²) in [6.07, 6.45) is 3.75. The van der Waals surface area contributed by atoms with E-state index in [-0.39, 0.29) is 5.82 Å². The van der Waals surface area contributed by atoms with Gasteiger partial charge in [0.15, 0.2) is 0 Å². The molecule has 0 spiro atoms. The lowest BCUT2D eigenvalue weighted by molar-refractivity contribution is 0.198. The van der Waals surface area contributed by atoms with Crippen molar-refractivity contribution in [2.75, 3.05) is 31.1 Å². The van der Waals surface area contributed by atoms with E-state index >= 15 is 0 Å². The number of aromatic nitrogens is 3. The van der Waals surface area contributed by atoms with Gasteiger partial charge in [0.05, 0.1) is 6.20 Å². The molecular weight excluding hydrogens is 341 g/mol. The molecule has 0 bridgehead atoms. The molecule has 1 unspecified atom stereocenters. The predicted molar refractivity (Wildman–Crippen MR) is 105 cm³/mol. The van der Waals surface area contributed by atoms with Crippen molar-refractivity contribution in [2.45, 2.75) is 19.9 Å². The van der Waals surface area contributed by atoms with Crippen molar-refractivity contribution in [1.82, 2.24) is 20.1 Å². The molecule has 5 nitrogen and oxygen atoms in total. The van der Waals surface area contributed by atoms with E-state index < -0.39 is 0 Å². The summed E-state index contributed by atoms with van der Waals surface area (Å²) in [5.41, 5.74) is 4.43. The maximum absolute atomic E-state index is 13.3. The first kappa shape index (κ1) is 17.7. The minimum atomic E-state index is -0.221. The van der Waals surface area contributed by atoms with Gasteiger partial charge in [-0.1, -0.05) is 12.1 Å². The van der Waals surface area contributed by atoms with Gasteiger partial charge < -0.3 is 4.90 Å². The summed E-state index contributed by atoms with van der Waals surface area (Å²) in [5, 5.41) is 7.18. The molecule has 1 saturated heterocycles. The molecule has 0 saturated carbocycles. The maximum atomic E-state index is 13.3. The van der Waals surface area contributed by atoms with Gasteiger partial charge in [-0.15, -0.1) is 0 Å². The first-order valence-electron chi connectivity index (χ1n) is 9.33. The van der Waals surface area contributed by atoms with Crippen molar-refractivity contribution in [3.63, 3.8) is 0 Å². The van der Waals surface area contributed by atoms with Gasteiger partial charge >= 0.3 is 0 Å². The molecule has 3 aromatic rings. The summed E-state index contributed by atoms with van der Waals surface area (Å²) in [7, 11) is 0. The molecule has 140 valence electrons. The van der Waals surface area contributed by atoms with Gasteiger partial charge in [-0.05, 0) is 43.7 Å². The van der Waals surface area contributed by atoms with Crippen LogP contribution in [0.3, 0.4) is 0 Å². The third-order valence-electron chi connectivity index (χ3n) is 5.42. The van der Waals surface area contributed by atoms with Crippen LogP contribution in [0.1, 0.15) is 24.2 Å². The second kappa shape index (κ2) is 7.48. The fraction of sp³-hybridized carbons (Fsp3) is 0.333. The third-order valence-corrected chi connectivity index (χ3v) is 5.42. The Morgan fingerprint density at radius 1 is 1.07 bits per heavy atom. The zero-order chi connectivity index (χ0) is 18.8. The fourth-order valence-electron chi connectivity index (χ4n) is 3.80. The Bertz CT molecular complexity index is 897. The van der Waals surface area contributed by atoms with Crippen molar-refractivity contribution < 1.29 is 4.39 Å². The van der Waals surface area contributed by atoms with E-state index in [0.717, 1.165) is 48.8 Å². The molecule has 2 aromatic heterocycles. The Morgan fingerprint density at radius 3 is 2.48 bits per heavy atom. The molecule has 1 N–H and O–H groups in total. The Morgan fingerprint density at radius 2 is 1.81 bits per heavy atom. The van der Waals surface area contributed by atoms with E-state index in [1.807, 2.05) is 30.6 Å². The van der Waals surface area contributed by atoms with Crippen molar-refractivity contribution in [1.29, 1.82) is 0 Å². The van der Waals surface area contributed by atoms with Crippen LogP contribution in [-0.4, -0.2) is 46.3 Å². The van der Waals surface area contributed by atoms with E-state index in [2.05, 4.69) is 44.9 Å². The number of pyridine rings is 1. The van der Waals surface area contributed by atoms with Gasteiger partial charge in [0.25, 0.3) is 0 Å². The van der Waals surface area contributed by atoms with Crippen molar-refractivity contribution >= 4 is 5.82 Å². The van der Waals surface area contributed by atoms with Crippen LogP contribution in [0.15, 0.2) is 48.8 Å². The number of halogens is 1. The number of aromatic amines is 1. The zero-order valence-electron chi connectivity index (χ0n) is 15.7. The van der Waals surface area contributed by atoms with Gasteiger partial charge in [0.2, 0.25) is 0 Å². The Balaban J connectivity index is 1.50. The summed E-state index contributed by atoms with van der Waals surface area (Å²) < 4.78 is 13.3. The molecule has 1 fully saturated rings. The first-order chi connectivity index (χ1) is 13.1. The van der Waals surface area contributed by atoms with Gasteiger partial charge in [0, 0.05) is 55.2 Å². The molecule has 27 heavy (non-hydrogen) atoms. The minimum Gasteiger partial charge on any atom is -0.354 e. The number of hydrogen-bond acceptors (Lipinski definition) is 4. The number of nitrogens with zero attached hydrogens (tertiary/aromatic N) is 4. The molecule has 1 aliphatic heterocycles. The van der Waals surface area contributed by atoms with Crippen LogP contribution in [0.2, 0.25) is 0 Å². The highest BCUT2D eigenvalue weighted by Gasteiger charge is 2.25. The summed E-state index contributed by atoms with van der Waals surface area (Å²) in [6.45, 7) is 8.05. The van der Waals surface area contributed by atoms with Gasteiger partial charge in [-0.25, -0.2) is 9.37 Å². The second-order valence-electron chi connectivity index (χ2n) is 7.03. The summed E-state index contributed by atoms with van der Waals surface area (Å²) >= 11 is 0. The number of nitrogens with one attached hydrogen (secondary N) is 1. The lowest BCUT2D eigenvalue weighted by atomic mass is 10.0. The largest absolute Gasteiger partial charge is 0.354 e. The van der Waals surface area contributed by atoms with Gasteiger partial charge in [-0.2, -0.15) is 5.10 Å². The number of H-pyrrole nitrogens is 1. The zero-order valence-corrected chi connectivity index (χ0v) is 15.7. The standard InChI is InChI=1S/C21H24FN5/c1-15-20(14-24-25-15)16(2)26-10-12-27(13-11-26)21-19(4-3-9-23-21)17-5-7-18(22)8-6-17/h3-9,14,16H,10-13H2,1-2H3,(H,24,25). The third kappa shape index (κ3) is 3.57. The molecule has 3 heterocycles. The number of piperazine rings is 1. The topological polar surface area (TPSA) is 48.1 Å². The maximum Gasteiger partial charge on any atom is 0.136 e. The highest BCUT2D eigenvalue weighted by molar-refractivity contribution is 5.75. The SMILES string of the molecule is Cc1[nH]ncc1C(C)N1CCN(c2ncccc2-c2ccc(F)cc2)CC1. The molecule has 1 atom stereocenters. The lowest BCUT2D eigenvalue weighted by Gasteiger charge is -2.39. The highest BCUT2D eigenvalue weighted by atomic mass is 19.1. The molecule has 1 aliphatic rings.